The minimum Gasteiger partial charge on any atom is -0.353 e. The van der Waals surface area contributed by atoms with E-state index in [2.05, 4.69) is 5.32 Å². The molecule has 0 unspecified atom stereocenters. The van der Waals surface area contributed by atoms with E-state index in [0.717, 1.165) is 24.1 Å². The quantitative estimate of drug-likeness (QED) is 0.778. The number of rotatable bonds is 7. The summed E-state index contributed by atoms with van der Waals surface area (Å²) in [5.74, 6) is -0.0361. The van der Waals surface area contributed by atoms with E-state index < -0.39 is 0 Å². The van der Waals surface area contributed by atoms with Crippen molar-refractivity contribution in [1.29, 1.82) is 0 Å². The molecule has 6 nitrogen and oxygen atoms in total. The Hall–Kier alpha value is -2.76. The van der Waals surface area contributed by atoms with Gasteiger partial charge in [-0.3, -0.25) is 4.79 Å². The summed E-state index contributed by atoms with van der Waals surface area (Å²) < 4.78 is 2.02. The van der Waals surface area contributed by atoms with E-state index >= 15 is 0 Å². The van der Waals surface area contributed by atoms with Gasteiger partial charge in [0.15, 0.2) is 0 Å². The molecule has 0 bridgehead atoms. The summed E-state index contributed by atoms with van der Waals surface area (Å²) in [7, 11) is 1.98. The molecule has 3 amide bonds. The van der Waals surface area contributed by atoms with E-state index in [9.17, 15) is 9.59 Å². The van der Waals surface area contributed by atoms with Crippen LogP contribution in [0.1, 0.15) is 44.9 Å². The molecule has 0 radical (unpaired) electrons. The van der Waals surface area contributed by atoms with Crippen molar-refractivity contribution in [1.82, 2.24) is 19.7 Å². The molecule has 0 atom stereocenters. The number of amides is 3. The van der Waals surface area contributed by atoms with E-state index in [4.69, 9.17) is 0 Å². The maximum atomic E-state index is 13.3. The molecule has 0 saturated heterocycles. The minimum atomic E-state index is -0.333. The van der Waals surface area contributed by atoms with Gasteiger partial charge in [0, 0.05) is 37.1 Å². The maximum Gasteiger partial charge on any atom is 0.318 e. The standard InChI is InChI=1S/C23H32N4O2/c1-23(2,3)24-22(29)27(19-12-13-19)17-21(28)26(15-18-9-6-5-7-10-18)16-20-11-8-14-25(20)4/h5-11,14,19H,12-13,15-17H2,1-4H3,(H,24,29). The highest BCUT2D eigenvalue weighted by Crippen LogP contribution is 2.27. The summed E-state index contributed by atoms with van der Waals surface area (Å²) in [4.78, 5) is 29.6. The lowest BCUT2D eigenvalue weighted by molar-refractivity contribution is -0.133. The zero-order valence-corrected chi connectivity index (χ0v) is 17.9. The SMILES string of the molecule is Cn1cccc1CN(Cc1ccccc1)C(=O)CN(C(=O)NC(C)(C)C)C1CC1. The Balaban J connectivity index is 1.75. The molecule has 1 aromatic carbocycles. The molecule has 0 aliphatic heterocycles. The van der Waals surface area contributed by atoms with E-state index in [1.807, 2.05) is 85.9 Å². The monoisotopic (exact) mass is 396 g/mol. The molecule has 156 valence electrons. The molecular weight excluding hydrogens is 364 g/mol. The van der Waals surface area contributed by atoms with Crippen molar-refractivity contribution in [3.05, 3.63) is 59.9 Å². The minimum absolute atomic E-state index is 0.0361. The van der Waals surface area contributed by atoms with E-state index in [-0.39, 0.29) is 30.1 Å². The van der Waals surface area contributed by atoms with Gasteiger partial charge >= 0.3 is 6.03 Å². The molecule has 3 rings (SSSR count). The number of hydrogen-bond acceptors (Lipinski definition) is 2. The lowest BCUT2D eigenvalue weighted by atomic mass is 10.1. The van der Waals surface area contributed by atoms with Crippen LogP contribution in [0.3, 0.4) is 0 Å². The van der Waals surface area contributed by atoms with Gasteiger partial charge < -0.3 is 19.7 Å². The van der Waals surface area contributed by atoms with Gasteiger partial charge in [0.05, 0.1) is 6.54 Å². The summed E-state index contributed by atoms with van der Waals surface area (Å²) in [6.45, 7) is 6.99. The van der Waals surface area contributed by atoms with E-state index in [0.29, 0.717) is 13.1 Å². The molecule has 1 saturated carbocycles. The van der Waals surface area contributed by atoms with Crippen LogP contribution in [0.15, 0.2) is 48.7 Å². The van der Waals surface area contributed by atoms with Crippen molar-refractivity contribution in [2.45, 2.75) is 58.3 Å². The van der Waals surface area contributed by atoms with Crippen LogP contribution in [0, 0.1) is 0 Å². The molecule has 2 aromatic rings. The van der Waals surface area contributed by atoms with E-state index in [1.165, 1.54) is 0 Å². The lowest BCUT2D eigenvalue weighted by Gasteiger charge is -2.30. The van der Waals surface area contributed by atoms with Crippen molar-refractivity contribution in [3.8, 4) is 0 Å². The molecule has 1 aliphatic carbocycles. The van der Waals surface area contributed by atoms with Gasteiger partial charge in [-0.2, -0.15) is 0 Å². The van der Waals surface area contributed by atoms with Crippen molar-refractivity contribution in [3.63, 3.8) is 0 Å². The highest BCUT2D eigenvalue weighted by molar-refractivity contribution is 5.84. The summed E-state index contributed by atoms with van der Waals surface area (Å²) in [5, 5.41) is 3.00. The Morgan fingerprint density at radius 2 is 1.76 bits per heavy atom. The Morgan fingerprint density at radius 1 is 1.07 bits per heavy atom. The van der Waals surface area contributed by atoms with Crippen LogP contribution < -0.4 is 5.32 Å². The zero-order chi connectivity index (χ0) is 21.0. The number of nitrogens with one attached hydrogen (secondary N) is 1. The van der Waals surface area contributed by atoms with Crippen molar-refractivity contribution < 1.29 is 9.59 Å². The van der Waals surface area contributed by atoms with E-state index in [1.54, 1.807) is 4.90 Å². The summed E-state index contributed by atoms with van der Waals surface area (Å²) >= 11 is 0. The molecular formula is C23H32N4O2. The highest BCUT2D eigenvalue weighted by Gasteiger charge is 2.36. The van der Waals surface area contributed by atoms with Gasteiger partial charge in [0.1, 0.15) is 6.54 Å². The Labute approximate surface area is 173 Å². The van der Waals surface area contributed by atoms with Crippen LogP contribution >= 0.6 is 0 Å². The predicted octanol–water partition coefficient (Wildman–Crippen LogP) is 3.53. The topological polar surface area (TPSA) is 57.6 Å². The number of urea groups is 1. The third-order valence-corrected chi connectivity index (χ3v) is 5.01. The van der Waals surface area contributed by atoms with Gasteiger partial charge in [-0.25, -0.2) is 4.79 Å². The smallest absolute Gasteiger partial charge is 0.318 e. The number of aromatic nitrogens is 1. The first-order valence-electron chi connectivity index (χ1n) is 10.2. The average molecular weight is 397 g/mol. The van der Waals surface area contributed by atoms with Crippen LogP contribution in [0.2, 0.25) is 0 Å². The fourth-order valence-electron chi connectivity index (χ4n) is 3.28. The lowest BCUT2D eigenvalue weighted by Crippen LogP contribution is -2.52. The molecule has 1 aromatic heterocycles. The van der Waals surface area contributed by atoms with Gasteiger partial charge in [-0.15, -0.1) is 0 Å². The molecule has 1 N–H and O–H groups in total. The number of carbonyl (C=O) groups is 2. The maximum absolute atomic E-state index is 13.3. The second kappa shape index (κ2) is 8.72. The number of aryl methyl sites for hydroxylation is 1. The molecule has 1 aliphatic rings. The first kappa shape index (κ1) is 21.0. The van der Waals surface area contributed by atoms with Crippen molar-refractivity contribution in [2.75, 3.05) is 6.54 Å². The molecule has 1 heterocycles. The number of nitrogens with zero attached hydrogens (tertiary/aromatic N) is 3. The normalized spacial score (nSPS) is 13.8. The van der Waals surface area contributed by atoms with Crippen LogP contribution in [-0.2, 0) is 24.9 Å². The summed E-state index contributed by atoms with van der Waals surface area (Å²) in [6.07, 6.45) is 3.90. The Morgan fingerprint density at radius 3 is 2.31 bits per heavy atom. The van der Waals surface area contributed by atoms with Crippen molar-refractivity contribution in [2.24, 2.45) is 7.05 Å². The number of benzene rings is 1. The van der Waals surface area contributed by atoms with Crippen LogP contribution in [0.4, 0.5) is 4.79 Å². The predicted molar refractivity (Wildman–Crippen MR) is 114 cm³/mol. The highest BCUT2D eigenvalue weighted by atomic mass is 16.2. The molecule has 6 heteroatoms. The number of hydrogen-bond donors (Lipinski definition) is 1. The van der Waals surface area contributed by atoms with Gasteiger partial charge in [-0.05, 0) is 51.3 Å². The third kappa shape index (κ3) is 6.11. The Bertz CT molecular complexity index is 834. The van der Waals surface area contributed by atoms with Crippen molar-refractivity contribution >= 4 is 11.9 Å². The van der Waals surface area contributed by atoms with Crippen LogP contribution in [-0.4, -0.2) is 44.4 Å². The van der Waals surface area contributed by atoms with Gasteiger partial charge in [-0.1, -0.05) is 30.3 Å². The zero-order valence-electron chi connectivity index (χ0n) is 17.9. The third-order valence-electron chi connectivity index (χ3n) is 5.01. The Kier molecular flexibility index (Phi) is 6.30. The first-order valence-corrected chi connectivity index (χ1v) is 10.2. The fraction of sp³-hybridized carbons (Fsp3) is 0.478. The fourth-order valence-corrected chi connectivity index (χ4v) is 3.28. The van der Waals surface area contributed by atoms with Crippen LogP contribution in [0.25, 0.3) is 0 Å². The second-order valence-corrected chi connectivity index (χ2v) is 8.89. The first-order chi connectivity index (χ1) is 13.7. The molecule has 1 fully saturated rings. The van der Waals surface area contributed by atoms with Crippen LogP contribution in [0.5, 0.6) is 0 Å². The second-order valence-electron chi connectivity index (χ2n) is 8.89. The van der Waals surface area contributed by atoms with Gasteiger partial charge in [0.25, 0.3) is 0 Å². The largest absolute Gasteiger partial charge is 0.353 e. The number of carbonyl (C=O) groups excluding carboxylic acids is 2. The van der Waals surface area contributed by atoms with Gasteiger partial charge in [0.2, 0.25) is 5.91 Å². The molecule has 29 heavy (non-hydrogen) atoms. The summed E-state index contributed by atoms with van der Waals surface area (Å²) in [6, 6.07) is 14.0. The average Bonchev–Trinajstić information content (AvgIpc) is 3.41. The molecule has 0 spiro atoms. The summed E-state index contributed by atoms with van der Waals surface area (Å²) in [5.41, 5.74) is 1.80.